The summed E-state index contributed by atoms with van der Waals surface area (Å²) in [4.78, 5) is 63.2. The minimum absolute atomic E-state index is 0.0696. The van der Waals surface area contributed by atoms with Crippen molar-refractivity contribution < 1.29 is 62.2 Å². The average Bonchev–Trinajstić information content (AvgIpc) is 0.781. The van der Waals surface area contributed by atoms with E-state index in [9.17, 15) is 29.1 Å². The van der Waals surface area contributed by atoms with Crippen molar-refractivity contribution in [2.75, 3.05) is 0 Å². The van der Waals surface area contributed by atoms with Crippen LogP contribution in [0.2, 0.25) is 0 Å². The summed E-state index contributed by atoms with van der Waals surface area (Å²) < 4.78 is 41.8. The molecule has 0 amide bonds. The highest BCUT2D eigenvalue weighted by atomic mass is 127. The topological polar surface area (TPSA) is 170 Å². The number of esters is 3. The predicted molar refractivity (Wildman–Crippen MR) is 454 cm³/mol. The third kappa shape index (κ3) is 27.7. The number of rotatable bonds is 35. The van der Waals surface area contributed by atoms with E-state index in [4.69, 9.17) is 33.2 Å². The highest BCUT2D eigenvalue weighted by Crippen LogP contribution is 2.37. The maximum Gasteiger partial charge on any atom is 0.343 e. The van der Waals surface area contributed by atoms with Gasteiger partial charge in [-0.05, 0) is 198 Å². The molecule has 14 heteroatoms. The van der Waals surface area contributed by atoms with Crippen LogP contribution in [-0.4, -0.2) is 35.1 Å². The maximum atomic E-state index is 13.3. The Hall–Kier alpha value is -11.1. The lowest BCUT2D eigenvalue weighted by molar-refractivity contribution is 0.0457. The number of ether oxygens (including phenoxy) is 7. The van der Waals surface area contributed by atoms with Crippen molar-refractivity contribution in [2.45, 2.75) is 179 Å². The fraction of sp³-hybridized carbons (Fsp3) is 0.276. The highest BCUT2D eigenvalue weighted by Gasteiger charge is 2.27. The molecule has 11 rings (SSSR count). The van der Waals surface area contributed by atoms with E-state index in [2.05, 4.69) is 49.4 Å². The Kier molecular flexibility index (Phi) is 36.4. The minimum Gasteiger partial charge on any atom is -0.507 e. The molecule has 0 spiro atoms. The number of carbonyl (C=O) groups excluding carboxylic acids is 5. The van der Waals surface area contributed by atoms with Crippen molar-refractivity contribution in [1.29, 1.82) is 0 Å². The summed E-state index contributed by atoms with van der Waals surface area (Å²) >= 11 is 2.15. The average molecular weight is 1620 g/mol. The van der Waals surface area contributed by atoms with E-state index in [1.807, 2.05) is 258 Å². The molecule has 0 saturated carbocycles. The summed E-state index contributed by atoms with van der Waals surface area (Å²) in [6, 6.07) is 79.9. The van der Waals surface area contributed by atoms with Crippen LogP contribution >= 0.6 is 22.6 Å². The van der Waals surface area contributed by atoms with Gasteiger partial charge in [-0.2, -0.15) is 0 Å². The summed E-state index contributed by atoms with van der Waals surface area (Å²) in [5.41, 5.74) is 15.6. The predicted octanol–water partition coefficient (Wildman–Crippen LogP) is 23.9. The van der Waals surface area contributed by atoms with Crippen LogP contribution in [0.15, 0.2) is 249 Å². The molecule has 0 aliphatic rings. The number of ketones is 1. The summed E-state index contributed by atoms with van der Waals surface area (Å²) in [5.74, 6) is 1.17. The van der Waals surface area contributed by atoms with Gasteiger partial charge in [-0.15, -0.1) is 0 Å². The third-order valence-electron chi connectivity index (χ3n) is 18.5. The standard InChI is InChI=1S/C28H30O4.C27H30O3.C22H19IO3.C21H26O3/c1-3-4-7-16-24-25(18-29)21(2)17-26(31-19-22-12-8-5-9-13-22)27(24)28(30)32-20-23-14-10-6-11-15-23;1-3-4-7-16-24-17-21(2)18-25(29-19-22-12-8-5-9-13-22)26(24)27(28)30-20-23-14-10-6-11-15-23;1-16-12-19(23)21(22(24)26-15-18-10-6-3-7-11-18)20(13-16)25-14-17-8-4-2-5-9-17;1-4-5-7-12-18-20(16(3)22)19(13-15(2)21(18)23)24-14-17-10-8-6-9-11-17/h5-6,8-15,17-18H,3-4,7,16,19-20H2,1-2H3;5-6,8-15,17-18H,3-4,7,16,19-20H2,1-2H3;2-13H,14-15H2,1H3;6,8-11,13,23H,4-5,7,12,14H2,1-3H3. The first kappa shape index (κ1) is 86.5. The van der Waals surface area contributed by atoms with Crippen LogP contribution in [0.4, 0.5) is 0 Å². The van der Waals surface area contributed by atoms with Crippen LogP contribution in [0.3, 0.4) is 0 Å². The van der Waals surface area contributed by atoms with Crippen LogP contribution < -0.4 is 18.9 Å². The Morgan fingerprint density at radius 1 is 0.348 bits per heavy atom. The number of carbonyl (C=O) groups is 5. The number of halogens is 1. The Morgan fingerprint density at radius 2 is 0.652 bits per heavy atom. The number of phenols is 1. The fourth-order valence-electron chi connectivity index (χ4n) is 12.6. The zero-order valence-corrected chi connectivity index (χ0v) is 68.1. The van der Waals surface area contributed by atoms with E-state index >= 15 is 0 Å². The molecule has 0 unspecified atom stereocenters. The van der Waals surface area contributed by atoms with Gasteiger partial charge < -0.3 is 38.3 Å². The van der Waals surface area contributed by atoms with Gasteiger partial charge >= 0.3 is 17.9 Å². The first-order valence-electron chi connectivity index (χ1n) is 38.7. The number of unbranched alkanes of at least 4 members (excludes halogenated alkanes) is 6. The number of hydrogen-bond acceptors (Lipinski definition) is 13. The normalized spacial score (nSPS) is 10.5. The van der Waals surface area contributed by atoms with Crippen LogP contribution in [0.1, 0.15) is 215 Å². The van der Waals surface area contributed by atoms with Gasteiger partial charge in [0.25, 0.3) is 0 Å². The molecule has 0 aromatic heterocycles. The van der Waals surface area contributed by atoms with Crippen LogP contribution in [0.25, 0.3) is 0 Å². The lowest BCUT2D eigenvalue weighted by atomic mass is 9.92. The largest absolute Gasteiger partial charge is 0.507 e. The maximum absolute atomic E-state index is 13.3. The molecule has 582 valence electrons. The second-order valence-electron chi connectivity index (χ2n) is 27.6. The Bertz CT molecular complexity index is 4730. The van der Waals surface area contributed by atoms with Gasteiger partial charge in [-0.1, -0.05) is 278 Å². The Labute approximate surface area is 675 Å². The minimum atomic E-state index is -0.466. The van der Waals surface area contributed by atoms with Crippen molar-refractivity contribution >= 4 is 52.6 Å². The molecular formula is C98H105IO13. The van der Waals surface area contributed by atoms with Gasteiger partial charge in [-0.25, -0.2) is 14.4 Å². The highest BCUT2D eigenvalue weighted by molar-refractivity contribution is 14.1. The van der Waals surface area contributed by atoms with E-state index in [0.29, 0.717) is 90.1 Å². The monoisotopic (exact) mass is 1620 g/mol. The van der Waals surface area contributed by atoms with Gasteiger partial charge in [0.2, 0.25) is 0 Å². The van der Waals surface area contributed by atoms with Gasteiger partial charge in [0.05, 0.1) is 5.56 Å². The SMILES string of the molecule is CCCCCc1c(C=O)c(C)cc(OCc2ccccc2)c1C(=O)OCc1ccccc1.CCCCCc1c(O)c(C)cc(OCc2ccccc2)c1C(C)=O.CCCCCc1cc(C)cc(OCc2ccccc2)c1C(=O)OCc1ccccc1.Cc1cc(I)c(C(=O)OCc2ccccc2)c(OCc2ccccc2)c1. The lowest BCUT2D eigenvalue weighted by Crippen LogP contribution is -2.14. The molecule has 0 aliphatic heterocycles. The van der Waals surface area contributed by atoms with Crippen LogP contribution in [-0.2, 0) is 79.7 Å². The third-order valence-corrected chi connectivity index (χ3v) is 19.4. The smallest absolute Gasteiger partial charge is 0.343 e. The molecule has 0 atom stereocenters. The number of aldehydes is 1. The van der Waals surface area contributed by atoms with Crippen LogP contribution in [0, 0.1) is 31.3 Å². The molecule has 11 aromatic rings. The molecule has 1 N–H and O–H groups in total. The first-order chi connectivity index (χ1) is 54.5. The molecule has 11 aromatic carbocycles. The van der Waals surface area contributed by atoms with E-state index in [1.165, 1.54) is 6.92 Å². The quantitative estimate of drug-likeness (QED) is 0.00995. The van der Waals surface area contributed by atoms with Gasteiger partial charge in [-0.3, -0.25) is 9.59 Å². The second-order valence-corrected chi connectivity index (χ2v) is 28.8. The van der Waals surface area contributed by atoms with Gasteiger partial charge in [0, 0.05) is 14.7 Å². The summed E-state index contributed by atoms with van der Waals surface area (Å²) in [6.45, 7) is 17.9. The number of phenolic OH excluding ortho intramolecular Hbond substituents is 1. The number of Topliss-reactive ketones (excluding diaryl/α,β-unsaturated/α-hetero) is 1. The summed E-state index contributed by atoms with van der Waals surface area (Å²) in [5, 5.41) is 10.4. The summed E-state index contributed by atoms with van der Waals surface area (Å²) in [7, 11) is 0. The Balaban J connectivity index is 0.000000188. The van der Waals surface area contributed by atoms with Crippen molar-refractivity contribution in [1.82, 2.24) is 0 Å². The molecule has 0 radical (unpaired) electrons. The number of benzene rings is 11. The van der Waals surface area contributed by atoms with Crippen molar-refractivity contribution in [3.63, 3.8) is 0 Å². The number of hydrogen-bond donors (Lipinski definition) is 1. The second kappa shape index (κ2) is 47.2. The molecule has 0 bridgehead atoms. The van der Waals surface area contributed by atoms with E-state index in [-0.39, 0.29) is 43.3 Å². The zero-order valence-electron chi connectivity index (χ0n) is 65.9. The number of aromatic hydroxyl groups is 1. The molecular weight excluding hydrogens is 1510 g/mol. The zero-order chi connectivity index (χ0) is 79.8. The van der Waals surface area contributed by atoms with Crippen molar-refractivity contribution in [3.8, 4) is 28.7 Å². The van der Waals surface area contributed by atoms with Crippen LogP contribution in [0.5, 0.6) is 28.7 Å². The number of aryl methyl sites for hydroxylation is 5. The van der Waals surface area contributed by atoms with Gasteiger partial charge in [0.1, 0.15) is 91.7 Å². The first-order valence-corrected chi connectivity index (χ1v) is 39.8. The van der Waals surface area contributed by atoms with E-state index in [1.54, 1.807) is 12.1 Å². The Morgan fingerprint density at radius 3 is 1.02 bits per heavy atom. The molecule has 13 nitrogen and oxygen atoms in total. The van der Waals surface area contributed by atoms with E-state index < -0.39 is 5.97 Å². The molecule has 0 heterocycles. The molecule has 0 aliphatic carbocycles. The summed E-state index contributed by atoms with van der Waals surface area (Å²) in [6.07, 6.45) is 12.4. The van der Waals surface area contributed by atoms with Crippen molar-refractivity contribution in [3.05, 3.63) is 358 Å². The van der Waals surface area contributed by atoms with Crippen molar-refractivity contribution in [2.24, 2.45) is 0 Å². The lowest BCUT2D eigenvalue weighted by Gasteiger charge is -2.19. The van der Waals surface area contributed by atoms with Gasteiger partial charge in [0.15, 0.2) is 12.1 Å². The fourth-order valence-corrected chi connectivity index (χ4v) is 13.6. The molecule has 112 heavy (non-hydrogen) atoms. The van der Waals surface area contributed by atoms with E-state index in [0.717, 1.165) is 152 Å². The molecule has 0 fully saturated rings. The molecule has 0 saturated heterocycles.